The van der Waals surface area contributed by atoms with Crippen molar-refractivity contribution in [2.24, 2.45) is 0 Å². The van der Waals surface area contributed by atoms with Crippen LogP contribution in [0, 0.1) is 0 Å². The van der Waals surface area contributed by atoms with Crippen LogP contribution in [0.4, 0.5) is 11.4 Å². The maximum absolute atomic E-state index is 12.7. The zero-order valence-corrected chi connectivity index (χ0v) is 14.0. The van der Waals surface area contributed by atoms with Gasteiger partial charge in [0, 0.05) is 19.3 Å². The average molecular weight is 344 g/mol. The molecule has 1 aliphatic rings. The molecule has 0 bridgehead atoms. The Balaban J connectivity index is 1.80. The molecule has 0 spiro atoms. The Kier molecular flexibility index (Phi) is 4.71. The number of halogens is 1. The number of nitrogens with zero attached hydrogens (tertiary/aromatic N) is 1. The highest BCUT2D eigenvalue weighted by Gasteiger charge is 2.33. The molecule has 2 amide bonds. The predicted octanol–water partition coefficient (Wildman–Crippen LogP) is 2.92. The van der Waals surface area contributed by atoms with Gasteiger partial charge in [-0.3, -0.25) is 9.59 Å². The van der Waals surface area contributed by atoms with Crippen molar-refractivity contribution in [3.8, 4) is 0 Å². The van der Waals surface area contributed by atoms with E-state index in [4.69, 9.17) is 11.6 Å². The maximum atomic E-state index is 12.7. The van der Waals surface area contributed by atoms with Crippen LogP contribution in [0.2, 0.25) is 5.02 Å². The summed E-state index contributed by atoms with van der Waals surface area (Å²) in [6.45, 7) is 0.586. The van der Waals surface area contributed by atoms with Crippen LogP contribution in [-0.4, -0.2) is 31.4 Å². The normalized spacial score (nSPS) is 17.0. The molecule has 6 heteroatoms. The Morgan fingerprint density at radius 2 is 1.88 bits per heavy atom. The first-order valence-corrected chi connectivity index (χ1v) is 8.13. The van der Waals surface area contributed by atoms with Crippen LogP contribution in [0.25, 0.3) is 0 Å². The Labute approximate surface area is 145 Å². The number of hydrogen-bond acceptors (Lipinski definition) is 3. The molecule has 5 nitrogen and oxygen atoms in total. The Hall–Kier alpha value is -2.53. The number of anilines is 2. The van der Waals surface area contributed by atoms with Crippen LogP contribution in [-0.2, 0) is 4.79 Å². The summed E-state index contributed by atoms with van der Waals surface area (Å²) in [4.78, 5) is 26.4. The van der Waals surface area contributed by atoms with Crippen molar-refractivity contribution < 1.29 is 9.59 Å². The Morgan fingerprint density at radius 1 is 1.17 bits per heavy atom. The number of carbonyl (C=O) groups is 2. The van der Waals surface area contributed by atoms with E-state index in [1.165, 1.54) is 0 Å². The molecule has 24 heavy (non-hydrogen) atoms. The first-order chi connectivity index (χ1) is 11.6. The van der Waals surface area contributed by atoms with Gasteiger partial charge in [0.2, 0.25) is 5.91 Å². The monoisotopic (exact) mass is 343 g/mol. The number of benzene rings is 2. The van der Waals surface area contributed by atoms with E-state index in [1.807, 2.05) is 24.3 Å². The summed E-state index contributed by atoms with van der Waals surface area (Å²) in [7, 11) is 1.58. The second kappa shape index (κ2) is 6.93. The molecule has 1 saturated heterocycles. The third-order valence-electron chi connectivity index (χ3n) is 4.08. The number of amides is 2. The largest absolute Gasteiger partial charge is 0.373 e. The van der Waals surface area contributed by atoms with Crippen LogP contribution in [0.3, 0.4) is 0 Å². The zero-order chi connectivity index (χ0) is 17.1. The summed E-state index contributed by atoms with van der Waals surface area (Å²) in [6, 6.07) is 14.1. The summed E-state index contributed by atoms with van der Waals surface area (Å²) < 4.78 is 0. The van der Waals surface area contributed by atoms with E-state index in [1.54, 1.807) is 36.2 Å². The van der Waals surface area contributed by atoms with Gasteiger partial charge in [0.25, 0.3) is 5.91 Å². The summed E-state index contributed by atoms with van der Waals surface area (Å²) >= 11 is 6.20. The number of rotatable bonds is 4. The van der Waals surface area contributed by atoms with Gasteiger partial charge in [-0.1, -0.05) is 35.9 Å². The van der Waals surface area contributed by atoms with E-state index in [0.29, 0.717) is 34.9 Å². The van der Waals surface area contributed by atoms with Gasteiger partial charge in [0.1, 0.15) is 6.04 Å². The van der Waals surface area contributed by atoms with E-state index in [2.05, 4.69) is 10.6 Å². The van der Waals surface area contributed by atoms with Gasteiger partial charge >= 0.3 is 0 Å². The van der Waals surface area contributed by atoms with Crippen LogP contribution >= 0.6 is 11.6 Å². The fourth-order valence-corrected chi connectivity index (χ4v) is 3.09. The zero-order valence-electron chi connectivity index (χ0n) is 13.3. The van der Waals surface area contributed by atoms with Gasteiger partial charge in [-0.25, -0.2) is 0 Å². The van der Waals surface area contributed by atoms with Crippen molar-refractivity contribution in [3.05, 3.63) is 59.1 Å². The molecule has 124 valence electrons. The lowest BCUT2D eigenvalue weighted by molar-refractivity contribution is -0.117. The van der Waals surface area contributed by atoms with Gasteiger partial charge in [0.05, 0.1) is 16.3 Å². The predicted molar refractivity (Wildman–Crippen MR) is 95.7 cm³/mol. The van der Waals surface area contributed by atoms with Crippen LogP contribution in [0.1, 0.15) is 16.8 Å². The van der Waals surface area contributed by atoms with Crippen LogP contribution in [0.15, 0.2) is 48.5 Å². The topological polar surface area (TPSA) is 61.4 Å². The molecule has 3 rings (SSSR count). The Bertz CT molecular complexity index is 778. The Morgan fingerprint density at radius 3 is 2.62 bits per heavy atom. The highest BCUT2D eigenvalue weighted by molar-refractivity contribution is 6.34. The molecule has 0 saturated carbocycles. The number of carbonyl (C=O) groups excluding carboxylic acids is 2. The molecule has 2 aromatic rings. The van der Waals surface area contributed by atoms with Crippen LogP contribution in [0.5, 0.6) is 0 Å². The summed E-state index contributed by atoms with van der Waals surface area (Å²) in [6.07, 6.45) is 0.645. The van der Waals surface area contributed by atoms with E-state index in [-0.39, 0.29) is 17.9 Å². The second-order valence-electron chi connectivity index (χ2n) is 5.55. The lowest BCUT2D eigenvalue weighted by Crippen LogP contribution is -2.34. The molecule has 0 unspecified atom stereocenters. The van der Waals surface area contributed by atoms with E-state index < -0.39 is 0 Å². The van der Waals surface area contributed by atoms with E-state index >= 15 is 0 Å². The minimum absolute atomic E-state index is 0.0465. The molecular weight excluding hydrogens is 326 g/mol. The smallest absolute Gasteiger partial charge is 0.253 e. The number of para-hydroxylation sites is 2. The third-order valence-corrected chi connectivity index (χ3v) is 4.40. The second-order valence-corrected chi connectivity index (χ2v) is 5.96. The molecule has 2 N–H and O–H groups in total. The fourth-order valence-electron chi connectivity index (χ4n) is 2.85. The van der Waals surface area contributed by atoms with Crippen molar-refractivity contribution in [1.29, 1.82) is 0 Å². The maximum Gasteiger partial charge on any atom is 0.253 e. The number of nitrogens with one attached hydrogen (secondary N) is 2. The van der Waals surface area contributed by atoms with Gasteiger partial charge < -0.3 is 15.5 Å². The van der Waals surface area contributed by atoms with E-state index in [0.717, 1.165) is 0 Å². The fraction of sp³-hybridized carbons (Fsp3) is 0.222. The van der Waals surface area contributed by atoms with Crippen molar-refractivity contribution >= 4 is 34.8 Å². The molecule has 1 fully saturated rings. The lowest BCUT2D eigenvalue weighted by Gasteiger charge is -2.19. The highest BCUT2D eigenvalue weighted by atomic mass is 35.5. The molecule has 1 heterocycles. The summed E-state index contributed by atoms with van der Waals surface area (Å²) in [5.41, 5.74) is 1.88. The van der Waals surface area contributed by atoms with Crippen molar-refractivity contribution in [3.63, 3.8) is 0 Å². The standard InChI is InChI=1S/C18H18ClN3O2/c1-20-17(23)12-6-2-4-8-14(12)21-15-10-11-22(18(15)24)16-9-5-3-7-13(16)19/h2-9,15,21H,10-11H2,1H3,(H,20,23)/t15-/m0/s1. The SMILES string of the molecule is CNC(=O)c1ccccc1N[C@H]1CCN(c2ccccc2Cl)C1=O. The minimum atomic E-state index is -0.382. The number of hydrogen-bond donors (Lipinski definition) is 2. The van der Waals surface area contributed by atoms with Crippen molar-refractivity contribution in [2.75, 3.05) is 23.8 Å². The van der Waals surface area contributed by atoms with E-state index in [9.17, 15) is 9.59 Å². The highest BCUT2D eigenvalue weighted by Crippen LogP contribution is 2.30. The van der Waals surface area contributed by atoms with Crippen molar-refractivity contribution in [2.45, 2.75) is 12.5 Å². The first kappa shape index (κ1) is 16.3. The molecule has 0 aliphatic carbocycles. The van der Waals surface area contributed by atoms with Gasteiger partial charge in [-0.15, -0.1) is 0 Å². The molecule has 1 aliphatic heterocycles. The molecule has 1 atom stereocenters. The van der Waals surface area contributed by atoms with Crippen molar-refractivity contribution in [1.82, 2.24) is 5.32 Å². The van der Waals surface area contributed by atoms with Crippen LogP contribution < -0.4 is 15.5 Å². The minimum Gasteiger partial charge on any atom is -0.373 e. The first-order valence-electron chi connectivity index (χ1n) is 7.75. The van der Waals surface area contributed by atoms with Gasteiger partial charge in [-0.05, 0) is 30.7 Å². The quantitative estimate of drug-likeness (QED) is 0.897. The summed E-state index contributed by atoms with van der Waals surface area (Å²) in [5.74, 6) is -0.235. The average Bonchev–Trinajstić information content (AvgIpc) is 2.96. The molecule has 0 radical (unpaired) electrons. The van der Waals surface area contributed by atoms with Gasteiger partial charge in [0.15, 0.2) is 0 Å². The molecule has 2 aromatic carbocycles. The molecule has 0 aromatic heterocycles. The third kappa shape index (κ3) is 3.08. The lowest BCUT2D eigenvalue weighted by atomic mass is 10.1. The molecular formula is C18H18ClN3O2. The van der Waals surface area contributed by atoms with Gasteiger partial charge in [-0.2, -0.15) is 0 Å². The summed E-state index contributed by atoms with van der Waals surface area (Å²) in [5, 5.41) is 6.36.